The monoisotopic (exact) mass is 1420 g/mol. The summed E-state index contributed by atoms with van der Waals surface area (Å²) in [5.41, 5.74) is 13.5. The van der Waals surface area contributed by atoms with Gasteiger partial charge in [-0.3, -0.25) is 4.79 Å². The van der Waals surface area contributed by atoms with Crippen molar-refractivity contribution in [1.29, 1.82) is 0 Å². The Labute approximate surface area is 361 Å². The van der Waals surface area contributed by atoms with Crippen LogP contribution in [-0.4, -0.2) is 11.0 Å². The molecule has 0 saturated carbocycles. The van der Waals surface area contributed by atoms with Crippen LogP contribution in [-0.2, 0) is 194 Å². The minimum Gasteiger partial charge on any atom is -0.699 e. The summed E-state index contributed by atoms with van der Waals surface area (Å²) in [4.78, 5) is 12.3. The number of aryl methyl sites for hydroxylation is 2. The Bertz CT molecular complexity index is 1060. The summed E-state index contributed by atoms with van der Waals surface area (Å²) >= 11 is 0. The van der Waals surface area contributed by atoms with E-state index in [1.54, 1.807) is 30.3 Å². The molecule has 3 aromatic carbocycles. The first kappa shape index (κ1) is 53.4. The molecule has 0 saturated heterocycles. The molecule has 0 aliphatic carbocycles. The standard InChI is InChI=1S/C22H21N2O2.C5H8.4W.3Y/c1-14-11-17(5-9-20(14)23)18-6-10-21(15(2)12-18)24-22(26)13-16-3-7-19(25)8-4-16;1-5(2,3)4;;;;;;;/h3-12,23,25H,13H2,1-2H3,(H,24,26);1-4H2;;;;;;;/q-1;-4;;;;+2;;;. The predicted molar refractivity (Wildman–Crippen MR) is 130 cm³/mol. The zero-order valence-electron chi connectivity index (χ0n) is 21.5. The van der Waals surface area contributed by atoms with E-state index < -0.39 is 5.41 Å². The van der Waals surface area contributed by atoms with E-state index in [-0.39, 0.29) is 200 Å². The van der Waals surface area contributed by atoms with Crippen LogP contribution in [0.3, 0.4) is 0 Å². The van der Waals surface area contributed by atoms with Crippen LogP contribution in [0.5, 0.6) is 5.75 Å². The van der Waals surface area contributed by atoms with Crippen LogP contribution in [0.25, 0.3) is 16.9 Å². The minimum absolute atomic E-state index is 0. The van der Waals surface area contributed by atoms with Crippen molar-refractivity contribution in [3.8, 4) is 16.9 Å². The average Bonchev–Trinajstić information content (AvgIpc) is 2.66. The van der Waals surface area contributed by atoms with Gasteiger partial charge in [-0.05, 0) is 60.4 Å². The Morgan fingerprint density at radius 3 is 1.66 bits per heavy atom. The van der Waals surface area contributed by atoms with Gasteiger partial charge in [-0.2, -0.15) is 0 Å². The van der Waals surface area contributed by atoms with Gasteiger partial charge in [0.15, 0.2) is 0 Å². The molecule has 3 N–H and O–H groups in total. The number of carbonyl (C=O) groups is 1. The Balaban J connectivity index is -0.000000196. The quantitative estimate of drug-likeness (QED) is 0.282. The van der Waals surface area contributed by atoms with Gasteiger partial charge in [-0.25, -0.2) is 0 Å². The summed E-state index contributed by atoms with van der Waals surface area (Å²) in [6.45, 7) is 17.6. The van der Waals surface area contributed by atoms with Gasteiger partial charge in [-0.1, -0.05) is 42.0 Å². The van der Waals surface area contributed by atoms with E-state index in [2.05, 4.69) is 33.0 Å². The van der Waals surface area contributed by atoms with Crippen LogP contribution in [0, 0.1) is 47.0 Å². The number of benzene rings is 3. The number of hydrogen-bond acceptors (Lipinski definition) is 2. The van der Waals surface area contributed by atoms with Gasteiger partial charge in [-0.15, -0.1) is 5.69 Å². The maximum absolute atomic E-state index is 12.3. The predicted octanol–water partition coefficient (Wildman–Crippen LogP) is 6.83. The number of carbonyl (C=O) groups excluding carboxylic acids is 1. The number of hydrogen-bond donors (Lipinski definition) is 2. The van der Waals surface area contributed by atoms with E-state index in [1.165, 1.54) is 0 Å². The third kappa shape index (κ3) is 21.5. The van der Waals surface area contributed by atoms with E-state index in [1.807, 2.05) is 44.2 Å². The fraction of sp³-hybridized carbons (Fsp3) is 0.148. The van der Waals surface area contributed by atoms with Crippen molar-refractivity contribution in [2.45, 2.75) is 20.3 Å². The first-order chi connectivity index (χ1) is 14.4. The van der Waals surface area contributed by atoms with Crippen LogP contribution >= 0.6 is 0 Å². The summed E-state index contributed by atoms with van der Waals surface area (Å²) in [7, 11) is 0. The Kier molecular flexibility index (Phi) is 36.8. The van der Waals surface area contributed by atoms with E-state index >= 15 is 0 Å². The molecule has 38 heavy (non-hydrogen) atoms. The van der Waals surface area contributed by atoms with Crippen LogP contribution in [0.2, 0.25) is 0 Å². The number of rotatable bonds is 4. The van der Waals surface area contributed by atoms with Crippen molar-refractivity contribution in [2.24, 2.45) is 5.41 Å². The Morgan fingerprint density at radius 2 is 1.24 bits per heavy atom. The van der Waals surface area contributed by atoms with Crippen LogP contribution in [0.15, 0.2) is 60.7 Å². The molecule has 3 radical (unpaired) electrons. The van der Waals surface area contributed by atoms with Gasteiger partial charge in [0, 0.05) is 167 Å². The largest absolute Gasteiger partial charge is 2.00 e. The summed E-state index contributed by atoms with van der Waals surface area (Å²) in [5, 5.41) is 12.2. The van der Waals surface area contributed by atoms with Crippen molar-refractivity contribution in [3.63, 3.8) is 0 Å². The Hall–Kier alpha value is 2.79. The van der Waals surface area contributed by atoms with Crippen molar-refractivity contribution >= 4 is 17.3 Å². The Morgan fingerprint density at radius 1 is 0.816 bits per heavy atom. The smallest absolute Gasteiger partial charge is 0.699 e. The fourth-order valence-corrected chi connectivity index (χ4v) is 2.82. The molecule has 0 atom stereocenters. The van der Waals surface area contributed by atoms with Crippen molar-refractivity contribution in [2.75, 3.05) is 5.32 Å². The average molecular weight is 1420 g/mol. The van der Waals surface area contributed by atoms with Gasteiger partial charge in [0.1, 0.15) is 5.75 Å². The van der Waals surface area contributed by atoms with Crippen molar-refractivity contribution < 1.29 is 192 Å². The van der Waals surface area contributed by atoms with Crippen LogP contribution in [0.4, 0.5) is 11.4 Å². The third-order valence-corrected chi connectivity index (χ3v) is 4.36. The molecular formula is C27H29N2O2W4Y3-3. The molecule has 195 valence electrons. The molecule has 0 spiro atoms. The minimum atomic E-state index is -0.500. The second-order valence-corrected chi connectivity index (χ2v) is 7.95. The molecule has 0 fully saturated rings. The molecule has 0 unspecified atom stereocenters. The summed E-state index contributed by atoms with van der Waals surface area (Å²) in [5.74, 6) is 0.0928. The molecule has 1 amide bonds. The molecule has 0 aliphatic heterocycles. The molecule has 3 rings (SSSR count). The van der Waals surface area contributed by atoms with E-state index in [0.29, 0.717) is 5.69 Å². The zero-order valence-corrected chi connectivity index (χ0v) is 41.8. The molecule has 0 aliphatic rings. The van der Waals surface area contributed by atoms with Gasteiger partial charge >= 0.3 is 21.1 Å². The van der Waals surface area contributed by atoms with E-state index in [4.69, 9.17) is 5.73 Å². The number of nitrogens with one attached hydrogen (secondary N) is 2. The van der Waals surface area contributed by atoms with E-state index in [9.17, 15) is 9.90 Å². The second kappa shape index (κ2) is 26.2. The van der Waals surface area contributed by atoms with Gasteiger partial charge < -0.3 is 49.3 Å². The van der Waals surface area contributed by atoms with Crippen LogP contribution < -0.4 is 5.32 Å². The molecule has 0 aromatic heterocycles. The van der Waals surface area contributed by atoms with E-state index in [0.717, 1.165) is 33.5 Å². The summed E-state index contributed by atoms with van der Waals surface area (Å²) < 4.78 is 0. The normalized spacial score (nSPS) is 8.79. The molecule has 0 heterocycles. The fourth-order valence-electron chi connectivity index (χ4n) is 2.82. The van der Waals surface area contributed by atoms with Crippen LogP contribution in [0.1, 0.15) is 16.7 Å². The first-order valence-electron chi connectivity index (χ1n) is 9.85. The molecular weight excluding hydrogens is 1390 g/mol. The molecule has 3 aromatic rings. The third-order valence-electron chi connectivity index (χ3n) is 4.36. The van der Waals surface area contributed by atoms with Gasteiger partial charge in [0.25, 0.3) is 0 Å². The molecule has 4 nitrogen and oxygen atoms in total. The molecule has 0 bridgehead atoms. The second-order valence-electron chi connectivity index (χ2n) is 7.95. The molecule has 11 heteroatoms. The number of aromatic hydroxyl groups is 1. The SMILES string of the molecule is Cc1cc(-c2ccc(NC(=O)Cc3ccc(O)cc3)c(C)c2)ccc1[NH-].[CH2-]C([CH2-])([CH2-])[CH2-].[W+2].[W].[W].[W].[Y].[Y].[Y]. The maximum atomic E-state index is 12.3. The van der Waals surface area contributed by atoms with Crippen molar-refractivity contribution in [3.05, 3.63) is 111 Å². The summed E-state index contributed by atoms with van der Waals surface area (Å²) in [6, 6.07) is 18.3. The topological polar surface area (TPSA) is 73.1 Å². The maximum Gasteiger partial charge on any atom is 2.00 e. The number of phenolic OH excluding ortho intramolecular Hbond substituents is 1. The zero-order chi connectivity index (χ0) is 23.2. The first-order valence-corrected chi connectivity index (χ1v) is 9.85. The number of amides is 1. The van der Waals surface area contributed by atoms with Crippen molar-refractivity contribution in [1.82, 2.24) is 0 Å². The van der Waals surface area contributed by atoms with Gasteiger partial charge in [0.05, 0.1) is 6.42 Å². The van der Waals surface area contributed by atoms with Gasteiger partial charge in [0.2, 0.25) is 5.91 Å². The summed E-state index contributed by atoms with van der Waals surface area (Å²) in [6.07, 6.45) is 0.256. The number of anilines is 1. The number of phenols is 1.